The molecular weight excluding hydrogens is 387 g/mol. The zero-order chi connectivity index (χ0) is 21.1. The number of ether oxygens (including phenoxy) is 2. The number of nitrogens with one attached hydrogen (secondary N) is 1. The molecule has 6 nitrogen and oxygen atoms in total. The summed E-state index contributed by atoms with van der Waals surface area (Å²) in [6.45, 7) is -0.0588. The predicted octanol–water partition coefficient (Wildman–Crippen LogP) is 4.01. The van der Waals surface area contributed by atoms with Gasteiger partial charge in [-0.05, 0) is 48.5 Å². The van der Waals surface area contributed by atoms with Crippen LogP contribution in [0.5, 0.6) is 11.5 Å². The van der Waals surface area contributed by atoms with Crippen LogP contribution in [0.1, 0.15) is 15.9 Å². The minimum atomic E-state index is -0.387. The Balaban J connectivity index is 1.59. The SMILES string of the molecule is COc1ccc(C(=O)Nc2ccc3c(c2)N(Cc2ccccc2F)C(=O)CO3)cc1. The fourth-order valence-corrected chi connectivity index (χ4v) is 3.20. The van der Waals surface area contributed by atoms with E-state index in [1.165, 1.54) is 11.0 Å². The number of nitrogens with zero attached hydrogens (tertiary/aromatic N) is 1. The van der Waals surface area contributed by atoms with Gasteiger partial charge in [0.25, 0.3) is 11.8 Å². The summed E-state index contributed by atoms with van der Waals surface area (Å²) in [6, 6.07) is 18.0. The van der Waals surface area contributed by atoms with Crippen molar-refractivity contribution in [3.63, 3.8) is 0 Å². The number of hydrogen-bond acceptors (Lipinski definition) is 4. The lowest BCUT2D eigenvalue weighted by Crippen LogP contribution is -2.38. The van der Waals surface area contributed by atoms with E-state index in [1.807, 2.05) is 0 Å². The predicted molar refractivity (Wildman–Crippen MR) is 110 cm³/mol. The number of carbonyl (C=O) groups is 2. The molecule has 3 aromatic rings. The minimum absolute atomic E-state index is 0.0672. The molecule has 0 radical (unpaired) electrons. The molecule has 0 saturated heterocycles. The summed E-state index contributed by atoms with van der Waals surface area (Å²) in [7, 11) is 1.55. The second-order valence-corrected chi connectivity index (χ2v) is 6.73. The van der Waals surface area contributed by atoms with Crippen molar-refractivity contribution in [1.29, 1.82) is 0 Å². The molecule has 0 bridgehead atoms. The highest BCUT2D eigenvalue weighted by Gasteiger charge is 2.27. The van der Waals surface area contributed by atoms with Gasteiger partial charge in [-0.15, -0.1) is 0 Å². The lowest BCUT2D eigenvalue weighted by molar-refractivity contribution is -0.121. The van der Waals surface area contributed by atoms with E-state index in [0.717, 1.165) is 0 Å². The van der Waals surface area contributed by atoms with Gasteiger partial charge in [0.1, 0.15) is 17.3 Å². The largest absolute Gasteiger partial charge is 0.497 e. The van der Waals surface area contributed by atoms with E-state index in [1.54, 1.807) is 67.8 Å². The van der Waals surface area contributed by atoms with Crippen LogP contribution in [0, 0.1) is 5.82 Å². The Morgan fingerprint density at radius 1 is 1.13 bits per heavy atom. The molecule has 1 aliphatic heterocycles. The zero-order valence-corrected chi connectivity index (χ0v) is 16.2. The molecule has 1 aliphatic rings. The summed E-state index contributed by atoms with van der Waals surface area (Å²) in [4.78, 5) is 26.5. The molecule has 30 heavy (non-hydrogen) atoms. The maximum absolute atomic E-state index is 14.1. The molecule has 0 spiro atoms. The van der Waals surface area contributed by atoms with Gasteiger partial charge in [0.15, 0.2) is 6.61 Å². The van der Waals surface area contributed by atoms with Crippen LogP contribution in [0.25, 0.3) is 0 Å². The van der Waals surface area contributed by atoms with Gasteiger partial charge in [0.05, 0.1) is 19.3 Å². The number of hydrogen-bond donors (Lipinski definition) is 1. The van der Waals surface area contributed by atoms with E-state index in [9.17, 15) is 14.0 Å². The first-order valence-corrected chi connectivity index (χ1v) is 9.31. The third-order valence-electron chi connectivity index (χ3n) is 4.80. The van der Waals surface area contributed by atoms with E-state index in [4.69, 9.17) is 9.47 Å². The quantitative estimate of drug-likeness (QED) is 0.695. The molecule has 0 unspecified atom stereocenters. The third-order valence-corrected chi connectivity index (χ3v) is 4.80. The Morgan fingerprint density at radius 3 is 2.63 bits per heavy atom. The van der Waals surface area contributed by atoms with E-state index >= 15 is 0 Å². The lowest BCUT2D eigenvalue weighted by atomic mass is 10.1. The van der Waals surface area contributed by atoms with Crippen molar-refractivity contribution in [2.24, 2.45) is 0 Å². The second kappa shape index (κ2) is 8.24. The molecule has 1 heterocycles. The van der Waals surface area contributed by atoms with Gasteiger partial charge in [-0.25, -0.2) is 4.39 Å². The average molecular weight is 406 g/mol. The average Bonchev–Trinajstić information content (AvgIpc) is 2.77. The summed E-state index contributed by atoms with van der Waals surface area (Å²) in [5.74, 6) is 0.168. The monoisotopic (exact) mass is 406 g/mol. The number of rotatable bonds is 5. The van der Waals surface area contributed by atoms with Crippen molar-refractivity contribution in [1.82, 2.24) is 0 Å². The topological polar surface area (TPSA) is 67.9 Å². The van der Waals surface area contributed by atoms with Crippen LogP contribution in [0.2, 0.25) is 0 Å². The van der Waals surface area contributed by atoms with Crippen molar-refractivity contribution in [2.45, 2.75) is 6.54 Å². The molecule has 3 aromatic carbocycles. The first-order valence-electron chi connectivity index (χ1n) is 9.31. The highest BCUT2D eigenvalue weighted by atomic mass is 19.1. The van der Waals surface area contributed by atoms with Crippen LogP contribution in [0.3, 0.4) is 0 Å². The van der Waals surface area contributed by atoms with Crippen molar-refractivity contribution >= 4 is 23.2 Å². The Bertz CT molecular complexity index is 1100. The van der Waals surface area contributed by atoms with Crippen molar-refractivity contribution in [3.05, 3.63) is 83.7 Å². The van der Waals surface area contributed by atoms with Gasteiger partial charge in [-0.1, -0.05) is 18.2 Å². The van der Waals surface area contributed by atoms with Crippen LogP contribution in [-0.2, 0) is 11.3 Å². The number of anilines is 2. The van der Waals surface area contributed by atoms with Crippen LogP contribution in [0.15, 0.2) is 66.7 Å². The zero-order valence-electron chi connectivity index (χ0n) is 16.2. The lowest BCUT2D eigenvalue weighted by Gasteiger charge is -2.30. The summed E-state index contributed by atoms with van der Waals surface area (Å²) < 4.78 is 24.7. The van der Waals surface area contributed by atoms with Crippen LogP contribution < -0.4 is 19.7 Å². The second-order valence-electron chi connectivity index (χ2n) is 6.73. The van der Waals surface area contributed by atoms with Gasteiger partial charge < -0.3 is 19.7 Å². The Morgan fingerprint density at radius 2 is 1.90 bits per heavy atom. The number of fused-ring (bicyclic) bond motifs is 1. The molecule has 0 atom stereocenters. The number of methoxy groups -OCH3 is 1. The summed E-state index contributed by atoms with van der Waals surface area (Å²) in [6.07, 6.45) is 0. The van der Waals surface area contributed by atoms with Crippen LogP contribution in [-0.4, -0.2) is 25.5 Å². The first-order chi connectivity index (χ1) is 14.5. The number of halogens is 1. The highest BCUT2D eigenvalue weighted by molar-refractivity contribution is 6.05. The van der Waals surface area contributed by atoms with Gasteiger partial charge >= 0.3 is 0 Å². The molecule has 0 saturated carbocycles. The fraction of sp³-hybridized carbons (Fsp3) is 0.130. The van der Waals surface area contributed by atoms with E-state index in [2.05, 4.69) is 5.32 Å². The molecule has 152 valence electrons. The normalized spacial score (nSPS) is 12.7. The maximum Gasteiger partial charge on any atom is 0.265 e. The first kappa shape index (κ1) is 19.4. The molecular formula is C23H19FN2O4. The molecule has 0 fully saturated rings. The van der Waals surface area contributed by atoms with Crippen LogP contribution >= 0.6 is 0 Å². The number of benzene rings is 3. The smallest absolute Gasteiger partial charge is 0.265 e. The summed E-state index contributed by atoms with van der Waals surface area (Å²) in [5.41, 5.74) is 1.82. The van der Waals surface area contributed by atoms with Crippen molar-refractivity contribution in [2.75, 3.05) is 23.9 Å². The molecule has 4 rings (SSSR count). The standard InChI is InChI=1S/C23H19FN2O4/c1-29-18-9-6-15(7-10-18)23(28)25-17-8-11-21-20(12-17)26(22(27)14-30-21)13-16-4-2-3-5-19(16)24/h2-12H,13-14H2,1H3,(H,25,28). The van der Waals surface area contributed by atoms with Gasteiger partial charge in [-0.3, -0.25) is 9.59 Å². The Hall–Kier alpha value is -3.87. The Labute approximate surface area is 172 Å². The van der Waals surface area contributed by atoms with Gasteiger partial charge in [-0.2, -0.15) is 0 Å². The third kappa shape index (κ3) is 3.96. The van der Waals surface area contributed by atoms with E-state index in [0.29, 0.717) is 34.0 Å². The molecule has 1 N–H and O–H groups in total. The number of carbonyl (C=O) groups excluding carboxylic acids is 2. The van der Waals surface area contributed by atoms with E-state index < -0.39 is 0 Å². The molecule has 7 heteroatoms. The summed E-state index contributed by atoms with van der Waals surface area (Å²) >= 11 is 0. The van der Waals surface area contributed by atoms with Gasteiger partial charge in [0.2, 0.25) is 0 Å². The van der Waals surface area contributed by atoms with Gasteiger partial charge in [0, 0.05) is 16.8 Å². The van der Waals surface area contributed by atoms with E-state index in [-0.39, 0.29) is 30.8 Å². The number of amides is 2. The molecule has 0 aromatic heterocycles. The van der Waals surface area contributed by atoms with Crippen LogP contribution in [0.4, 0.5) is 15.8 Å². The van der Waals surface area contributed by atoms with Crippen molar-refractivity contribution in [3.8, 4) is 11.5 Å². The summed E-state index contributed by atoms with van der Waals surface area (Å²) in [5, 5.41) is 2.81. The molecule has 2 amide bonds. The fourth-order valence-electron chi connectivity index (χ4n) is 3.20. The minimum Gasteiger partial charge on any atom is -0.497 e. The van der Waals surface area contributed by atoms with Crippen molar-refractivity contribution < 1.29 is 23.5 Å². The Kier molecular flexibility index (Phi) is 5.34. The molecule has 0 aliphatic carbocycles. The maximum atomic E-state index is 14.1. The highest BCUT2D eigenvalue weighted by Crippen LogP contribution is 2.36.